The molecule has 0 saturated heterocycles. The lowest BCUT2D eigenvalue weighted by Gasteiger charge is -2.33. The predicted octanol–water partition coefficient (Wildman–Crippen LogP) is 8.77. The Labute approximate surface area is 275 Å². The smallest absolute Gasteiger partial charge is 0.397 e. The fraction of sp³-hybridized carbons (Fsp3) is 0.0698. The first-order valence-corrected chi connectivity index (χ1v) is 16.6. The molecule has 1 spiro atoms. The van der Waals surface area contributed by atoms with Crippen molar-refractivity contribution in [2.45, 2.75) is 19.5 Å². The normalized spacial score (nSPS) is 16.4. The molecule has 3 aliphatic rings. The van der Waals surface area contributed by atoms with Crippen molar-refractivity contribution in [3.05, 3.63) is 156 Å². The first kappa shape index (κ1) is 25.0. The number of nitrogens with zero attached hydrogens (tertiary/aromatic N) is 4. The molecular weight excluding hydrogens is 589 g/mol. The molecule has 0 radical (unpaired) electrons. The molecule has 1 atom stereocenters. The first-order valence-electron chi connectivity index (χ1n) is 16.6. The lowest BCUT2D eigenvalue weighted by molar-refractivity contribution is -0.990. The Morgan fingerprint density at radius 2 is 1.29 bits per heavy atom. The monoisotopic (exact) mass is 616 g/mol. The van der Waals surface area contributed by atoms with Gasteiger partial charge in [-0.1, -0.05) is 65.3 Å². The predicted molar refractivity (Wildman–Crippen MR) is 189 cm³/mol. The van der Waals surface area contributed by atoms with Crippen LogP contribution in [0.4, 0.5) is 0 Å². The van der Waals surface area contributed by atoms with Gasteiger partial charge in [-0.3, -0.25) is 0 Å². The zero-order chi connectivity index (χ0) is 31.5. The molecule has 0 amide bonds. The van der Waals surface area contributed by atoms with E-state index >= 15 is 0 Å². The van der Waals surface area contributed by atoms with E-state index in [1.165, 1.54) is 71.6 Å². The Kier molecular flexibility index (Phi) is 4.26. The second kappa shape index (κ2) is 8.20. The van der Waals surface area contributed by atoms with E-state index in [-0.39, 0.29) is 0 Å². The molecular formula is C43H28N4O+2. The van der Waals surface area contributed by atoms with Crippen LogP contribution in [0.15, 0.2) is 134 Å². The number of ether oxygens (including phenoxy) is 1. The topological polar surface area (TPSA) is 26.8 Å². The number of pyridine rings is 1. The standard InChI is InChI=1S/C43H28N4O/c1-25-39(30-20-19-29-22-27-10-3-4-11-28(27)23-31(29)24-30)26(2)47-43-40-35(15-7-17-37(40)48-38-18-8-16-36(41(38)43)46(25)47)45-34-14-6-5-12-32(34)33-13-9-21-44(43)42(33)45/h3-24H,1-2H3/q+2. The third-order valence-electron chi connectivity index (χ3n) is 11.2. The second-order valence-corrected chi connectivity index (χ2v) is 13.5. The summed E-state index contributed by atoms with van der Waals surface area (Å²) >= 11 is 0. The molecule has 3 aliphatic heterocycles. The average molecular weight is 617 g/mol. The number of aromatic nitrogens is 4. The highest BCUT2D eigenvalue weighted by atomic mass is 16.5. The second-order valence-electron chi connectivity index (χ2n) is 13.5. The average Bonchev–Trinajstić information content (AvgIpc) is 3.72. The molecule has 0 N–H and O–H groups in total. The van der Waals surface area contributed by atoms with Crippen LogP contribution >= 0.6 is 0 Å². The summed E-state index contributed by atoms with van der Waals surface area (Å²) in [4.78, 5) is 0. The summed E-state index contributed by atoms with van der Waals surface area (Å²) in [6, 6.07) is 46.5. The van der Waals surface area contributed by atoms with E-state index in [4.69, 9.17) is 4.74 Å². The molecule has 3 aromatic heterocycles. The van der Waals surface area contributed by atoms with Crippen molar-refractivity contribution in [3.63, 3.8) is 0 Å². The molecule has 5 nitrogen and oxygen atoms in total. The lowest BCUT2D eigenvalue weighted by Crippen LogP contribution is -2.77. The van der Waals surface area contributed by atoms with Gasteiger partial charge in [0.2, 0.25) is 5.69 Å². The quantitative estimate of drug-likeness (QED) is 0.134. The lowest BCUT2D eigenvalue weighted by atomic mass is 9.84. The van der Waals surface area contributed by atoms with E-state index in [0.29, 0.717) is 0 Å². The van der Waals surface area contributed by atoms with Gasteiger partial charge in [-0.25, -0.2) is 0 Å². The van der Waals surface area contributed by atoms with E-state index in [2.05, 4.69) is 166 Å². The minimum absolute atomic E-state index is 0.694. The largest absolute Gasteiger partial charge is 0.456 e. The maximum absolute atomic E-state index is 6.84. The molecule has 0 fully saturated rings. The van der Waals surface area contributed by atoms with Crippen molar-refractivity contribution in [1.82, 2.24) is 9.25 Å². The van der Waals surface area contributed by atoms with Crippen LogP contribution in [0.25, 0.3) is 66.0 Å². The van der Waals surface area contributed by atoms with Gasteiger partial charge >= 0.3 is 11.3 Å². The molecule has 224 valence electrons. The van der Waals surface area contributed by atoms with Gasteiger partial charge in [-0.2, -0.15) is 9.13 Å². The summed E-state index contributed by atoms with van der Waals surface area (Å²) in [7, 11) is 0. The van der Waals surface area contributed by atoms with Crippen LogP contribution in [0.5, 0.6) is 11.5 Å². The van der Waals surface area contributed by atoms with Crippen LogP contribution in [-0.2, 0) is 5.66 Å². The summed E-state index contributed by atoms with van der Waals surface area (Å²) in [5, 5.41) is 7.53. The molecule has 9 aromatic rings. The summed E-state index contributed by atoms with van der Waals surface area (Å²) < 4.78 is 16.8. The third kappa shape index (κ3) is 2.63. The van der Waals surface area contributed by atoms with Crippen molar-refractivity contribution in [2.24, 2.45) is 0 Å². The highest BCUT2D eigenvalue weighted by Crippen LogP contribution is 2.55. The van der Waals surface area contributed by atoms with Gasteiger partial charge in [-0.15, -0.1) is 4.68 Å². The molecule has 1 unspecified atom stereocenters. The molecule has 6 heterocycles. The van der Waals surface area contributed by atoms with Crippen LogP contribution < -0.4 is 14.0 Å². The van der Waals surface area contributed by atoms with Gasteiger partial charge in [-0.05, 0) is 101 Å². The van der Waals surface area contributed by atoms with E-state index in [0.717, 1.165) is 28.4 Å². The Hall–Kier alpha value is -6.20. The number of hydrogen-bond donors (Lipinski definition) is 0. The molecule has 6 aromatic carbocycles. The number of rotatable bonds is 1. The zero-order valence-corrected chi connectivity index (χ0v) is 26.4. The van der Waals surface area contributed by atoms with Crippen LogP contribution in [0, 0.1) is 13.8 Å². The Morgan fingerprint density at radius 3 is 2.12 bits per heavy atom. The summed E-state index contributed by atoms with van der Waals surface area (Å²) in [6.45, 7) is 4.57. The number of hydrogen-bond acceptors (Lipinski definition) is 1. The summed E-state index contributed by atoms with van der Waals surface area (Å²) in [5.74, 6) is 1.80. The molecule has 48 heavy (non-hydrogen) atoms. The van der Waals surface area contributed by atoms with Gasteiger partial charge in [0.15, 0.2) is 11.3 Å². The number of benzene rings is 6. The van der Waals surface area contributed by atoms with Crippen LogP contribution in [0.2, 0.25) is 0 Å². The zero-order valence-electron chi connectivity index (χ0n) is 26.4. The summed E-state index contributed by atoms with van der Waals surface area (Å²) in [6.07, 6.45) is 2.27. The fourth-order valence-corrected chi connectivity index (χ4v) is 9.49. The number of fused-ring (bicyclic) bond motifs is 8. The molecule has 0 aliphatic carbocycles. The van der Waals surface area contributed by atoms with Crippen molar-refractivity contribution in [2.75, 3.05) is 0 Å². The van der Waals surface area contributed by atoms with Crippen LogP contribution in [-0.4, -0.2) is 9.25 Å². The van der Waals surface area contributed by atoms with Gasteiger partial charge in [0.05, 0.1) is 22.8 Å². The molecule has 12 rings (SSSR count). The van der Waals surface area contributed by atoms with E-state index in [1.54, 1.807) is 0 Å². The number of para-hydroxylation sites is 1. The van der Waals surface area contributed by atoms with Gasteiger partial charge in [0.25, 0.3) is 0 Å². The van der Waals surface area contributed by atoms with E-state index < -0.39 is 5.66 Å². The van der Waals surface area contributed by atoms with Gasteiger partial charge in [0.1, 0.15) is 28.3 Å². The highest BCUT2D eigenvalue weighted by molar-refractivity contribution is 6.07. The van der Waals surface area contributed by atoms with Crippen LogP contribution in [0.3, 0.4) is 0 Å². The Balaban J connectivity index is 1.25. The van der Waals surface area contributed by atoms with Crippen molar-refractivity contribution < 1.29 is 14.0 Å². The maximum atomic E-state index is 6.84. The fourth-order valence-electron chi connectivity index (χ4n) is 9.49. The van der Waals surface area contributed by atoms with Crippen LogP contribution in [0.1, 0.15) is 22.5 Å². The first-order chi connectivity index (χ1) is 23.6. The minimum Gasteiger partial charge on any atom is -0.456 e. The molecule has 0 saturated carbocycles. The minimum atomic E-state index is -0.694. The maximum Gasteiger partial charge on any atom is 0.397 e. The SMILES string of the molecule is Cc1c(-c2ccc3cc4ccccc4cc3c2)c(C)[n+]2n1-c1cccc3c1C21c2c(cccc2-n2c4ccccc4c4ccc[n+]1c42)O3. The molecule has 0 bridgehead atoms. The third-order valence-corrected chi connectivity index (χ3v) is 11.2. The Morgan fingerprint density at radius 1 is 0.604 bits per heavy atom. The van der Waals surface area contributed by atoms with Gasteiger partial charge < -0.3 is 4.74 Å². The van der Waals surface area contributed by atoms with Gasteiger partial charge in [0, 0.05) is 12.3 Å². The highest BCUT2D eigenvalue weighted by Gasteiger charge is 2.69. The molecule has 5 heteroatoms. The van der Waals surface area contributed by atoms with Crippen molar-refractivity contribution >= 4 is 43.5 Å². The summed E-state index contributed by atoms with van der Waals surface area (Å²) in [5.41, 5.74) is 11.3. The van der Waals surface area contributed by atoms with E-state index in [1.807, 2.05) is 0 Å². The Bertz CT molecular complexity index is 2960. The van der Waals surface area contributed by atoms with Crippen molar-refractivity contribution in [1.29, 1.82) is 0 Å². The van der Waals surface area contributed by atoms with E-state index in [9.17, 15) is 0 Å². The van der Waals surface area contributed by atoms with Crippen molar-refractivity contribution in [3.8, 4) is 34.0 Å².